The van der Waals surface area contributed by atoms with Gasteiger partial charge in [0.2, 0.25) is 5.95 Å². The predicted octanol–water partition coefficient (Wildman–Crippen LogP) is 1.61. The molecule has 0 bridgehead atoms. The van der Waals surface area contributed by atoms with Crippen LogP contribution in [0.5, 0.6) is 0 Å². The highest BCUT2D eigenvalue weighted by atomic mass is 32.1. The molecule has 0 aromatic carbocycles. The Bertz CT molecular complexity index is 1010. The molecule has 1 spiro atoms. The molecule has 31 heavy (non-hydrogen) atoms. The van der Waals surface area contributed by atoms with E-state index in [1.807, 2.05) is 17.9 Å². The minimum Gasteiger partial charge on any atom is -0.377 e. The number of nitriles is 1. The molecule has 9 nitrogen and oxygen atoms in total. The Morgan fingerprint density at radius 1 is 1.32 bits per heavy atom. The fourth-order valence-electron chi connectivity index (χ4n) is 4.67. The second-order valence-corrected chi connectivity index (χ2v) is 9.60. The van der Waals surface area contributed by atoms with Crippen LogP contribution < -0.4 is 10.2 Å². The van der Waals surface area contributed by atoms with Gasteiger partial charge in [0.1, 0.15) is 5.00 Å². The summed E-state index contributed by atoms with van der Waals surface area (Å²) in [6.45, 7) is 7.16. The third kappa shape index (κ3) is 3.53. The molecule has 0 unspecified atom stereocenters. The van der Waals surface area contributed by atoms with E-state index in [4.69, 9.17) is 4.74 Å². The van der Waals surface area contributed by atoms with Crippen LogP contribution in [-0.2, 0) is 4.74 Å². The Morgan fingerprint density at radius 2 is 2.13 bits per heavy atom. The molecule has 2 aromatic heterocycles. The summed E-state index contributed by atoms with van der Waals surface area (Å²) in [6, 6.07) is 4.25. The van der Waals surface area contributed by atoms with E-state index in [1.54, 1.807) is 0 Å². The number of piperazine rings is 1. The van der Waals surface area contributed by atoms with Gasteiger partial charge >= 0.3 is 0 Å². The Kier molecular flexibility index (Phi) is 5.05. The molecule has 0 saturated carbocycles. The first-order chi connectivity index (χ1) is 14.9. The van der Waals surface area contributed by atoms with Gasteiger partial charge in [0.25, 0.3) is 0 Å². The van der Waals surface area contributed by atoms with Gasteiger partial charge in [0.15, 0.2) is 11.6 Å². The maximum Gasteiger partial charge on any atom is 0.229 e. The number of hydrogen-bond donors (Lipinski definition) is 1. The topological polar surface area (TPSA) is 93.4 Å². The number of likely N-dealkylation sites (N-methyl/N-ethyl adjacent to an activating group) is 1. The normalized spacial score (nSPS) is 22.6. The summed E-state index contributed by atoms with van der Waals surface area (Å²) < 4.78 is 24.3. The average molecular weight is 445 g/mol. The number of hydrogen-bond acceptors (Lipinski definition) is 10. The van der Waals surface area contributed by atoms with E-state index >= 15 is 0 Å². The van der Waals surface area contributed by atoms with E-state index in [0.717, 1.165) is 43.5 Å². The number of aryl methyl sites for hydroxylation is 1. The average Bonchev–Trinajstić information content (AvgIpc) is 3.10. The lowest BCUT2D eigenvalue weighted by atomic mass is 9.81. The Hall–Kier alpha value is -2.39. The van der Waals surface area contributed by atoms with E-state index in [0.29, 0.717) is 25.5 Å². The van der Waals surface area contributed by atoms with Crippen molar-refractivity contribution >= 4 is 28.3 Å². The summed E-state index contributed by atoms with van der Waals surface area (Å²) in [5.41, 5.74) is 0.643. The van der Waals surface area contributed by atoms with Crippen molar-refractivity contribution in [2.24, 2.45) is 0 Å². The summed E-state index contributed by atoms with van der Waals surface area (Å²) in [5.74, 6) is 0.143. The molecule has 5 rings (SSSR count). The summed E-state index contributed by atoms with van der Waals surface area (Å²) in [7, 11) is 2.14. The highest BCUT2D eigenvalue weighted by Crippen LogP contribution is 2.39. The molecule has 0 atom stereocenters. The van der Waals surface area contributed by atoms with Crippen LogP contribution in [0, 0.1) is 24.1 Å². The third-order valence-corrected chi connectivity index (χ3v) is 7.48. The first-order valence-corrected chi connectivity index (χ1v) is 11.1. The highest BCUT2D eigenvalue weighted by molar-refractivity contribution is 7.10. The van der Waals surface area contributed by atoms with Crippen molar-refractivity contribution in [3.05, 3.63) is 23.8 Å². The maximum absolute atomic E-state index is 14.6. The Labute approximate surface area is 184 Å². The molecule has 0 aliphatic carbocycles. The van der Waals surface area contributed by atoms with Crippen LogP contribution >= 0.6 is 11.5 Å². The number of nitrogens with one attached hydrogen (secondary N) is 1. The van der Waals surface area contributed by atoms with Gasteiger partial charge in [-0.2, -0.15) is 14.6 Å². The van der Waals surface area contributed by atoms with E-state index in [1.165, 1.54) is 17.7 Å². The zero-order chi connectivity index (χ0) is 21.6. The number of aromatic nitrogens is 3. The molecule has 164 valence electrons. The lowest BCUT2D eigenvalue weighted by molar-refractivity contribution is -0.176. The van der Waals surface area contributed by atoms with Gasteiger partial charge in [-0.05, 0) is 31.6 Å². The summed E-state index contributed by atoms with van der Waals surface area (Å²) in [4.78, 5) is 15.2. The fourth-order valence-corrected chi connectivity index (χ4v) is 5.33. The van der Waals surface area contributed by atoms with E-state index in [-0.39, 0.29) is 16.9 Å². The van der Waals surface area contributed by atoms with Crippen LogP contribution in [0.3, 0.4) is 0 Å². The smallest absolute Gasteiger partial charge is 0.229 e. The van der Waals surface area contributed by atoms with E-state index < -0.39 is 5.82 Å². The number of rotatable bonds is 5. The van der Waals surface area contributed by atoms with Crippen LogP contribution in [0.25, 0.3) is 0 Å². The van der Waals surface area contributed by atoms with Crippen molar-refractivity contribution in [3.8, 4) is 6.07 Å². The number of nitrogens with zero attached hydrogens (tertiary/aromatic N) is 7. The Balaban J connectivity index is 1.33. The minimum atomic E-state index is -0.459. The molecule has 2 aromatic rings. The summed E-state index contributed by atoms with van der Waals surface area (Å²) in [5, 5.41) is 13.4. The first-order valence-electron chi connectivity index (χ1n) is 10.3. The van der Waals surface area contributed by atoms with Crippen molar-refractivity contribution in [2.45, 2.75) is 24.4 Å². The lowest BCUT2D eigenvalue weighted by Crippen LogP contribution is -2.78. The fraction of sp³-hybridized carbons (Fsp3) is 0.600. The van der Waals surface area contributed by atoms with E-state index in [9.17, 15) is 9.65 Å². The lowest BCUT2D eigenvalue weighted by Gasteiger charge is -2.62. The van der Waals surface area contributed by atoms with Gasteiger partial charge in [-0.3, -0.25) is 9.80 Å². The van der Waals surface area contributed by atoms with Gasteiger partial charge < -0.3 is 15.0 Å². The summed E-state index contributed by atoms with van der Waals surface area (Å²) >= 11 is 1.31. The molecule has 3 fully saturated rings. The van der Waals surface area contributed by atoms with E-state index in [2.05, 4.69) is 42.6 Å². The van der Waals surface area contributed by atoms with Crippen LogP contribution in [0.4, 0.5) is 21.2 Å². The largest absolute Gasteiger partial charge is 0.377 e. The first kappa shape index (κ1) is 20.5. The van der Waals surface area contributed by atoms with Gasteiger partial charge in [0, 0.05) is 32.7 Å². The van der Waals surface area contributed by atoms with Crippen molar-refractivity contribution in [2.75, 3.05) is 63.2 Å². The molecule has 3 aliphatic rings. The number of anilines is 3. The number of ether oxygens (including phenoxy) is 1. The minimum absolute atomic E-state index is 0.0330. The van der Waals surface area contributed by atoms with Gasteiger partial charge in [-0.25, -0.2) is 9.37 Å². The predicted molar refractivity (Wildman–Crippen MR) is 115 cm³/mol. The molecule has 0 amide bonds. The SMILES string of the molecule is Cc1cc(Nc2ncc(F)c(N3CC(CC#N)(N4CCN(C)C5(COC5)C4)C3)n2)sn1. The zero-order valence-corrected chi connectivity index (χ0v) is 18.5. The second kappa shape index (κ2) is 7.63. The second-order valence-electron chi connectivity index (χ2n) is 8.80. The van der Waals surface area contributed by atoms with Crippen molar-refractivity contribution in [1.82, 2.24) is 24.1 Å². The standard InChI is InChI=1S/C20H25FN8OS/c1-14-7-16(31-26-14)24-18-23-8-15(21)17(25-18)28-9-19(10-28,3-4-22)29-6-5-27(2)20(11-29)12-30-13-20/h7-8H,3,5-6,9-13H2,1-2H3,(H,23,24,25). The molecular weight excluding hydrogens is 419 g/mol. The van der Waals surface area contributed by atoms with Crippen molar-refractivity contribution in [1.29, 1.82) is 5.26 Å². The van der Waals surface area contributed by atoms with Crippen LogP contribution in [-0.4, -0.2) is 88.2 Å². The van der Waals surface area contributed by atoms with Crippen molar-refractivity contribution < 1.29 is 9.13 Å². The maximum atomic E-state index is 14.6. The van der Waals surface area contributed by atoms with Crippen molar-refractivity contribution in [3.63, 3.8) is 0 Å². The molecule has 3 aliphatic heterocycles. The highest BCUT2D eigenvalue weighted by Gasteiger charge is 2.55. The van der Waals surface area contributed by atoms with Gasteiger partial charge in [-0.15, -0.1) is 0 Å². The monoisotopic (exact) mass is 444 g/mol. The quantitative estimate of drug-likeness (QED) is 0.738. The van der Waals surface area contributed by atoms with Gasteiger partial charge in [0.05, 0.1) is 48.7 Å². The summed E-state index contributed by atoms with van der Waals surface area (Å²) in [6.07, 6.45) is 1.60. The molecule has 0 radical (unpaired) electrons. The molecule has 3 saturated heterocycles. The molecular formula is C20H25FN8OS. The van der Waals surface area contributed by atoms with Crippen LogP contribution in [0.2, 0.25) is 0 Å². The van der Waals surface area contributed by atoms with Crippen LogP contribution in [0.1, 0.15) is 12.1 Å². The van der Waals surface area contributed by atoms with Gasteiger partial charge in [-0.1, -0.05) is 0 Å². The molecule has 1 N–H and O–H groups in total. The third-order valence-electron chi connectivity index (χ3n) is 6.68. The Morgan fingerprint density at radius 3 is 2.77 bits per heavy atom. The number of halogens is 1. The molecule has 5 heterocycles. The molecule has 11 heteroatoms. The zero-order valence-electron chi connectivity index (χ0n) is 17.6. The van der Waals surface area contributed by atoms with Crippen LogP contribution in [0.15, 0.2) is 12.3 Å².